The standard InChI is InChI=1S/C19H21N3O2S/c1-13-2-3-18(25-13)15-8-16-12-22(5-4-14-10-20-21-11-14)6-7-24-19(16)17(23)9-15/h2-3,8-11,23H,4-7,12H2,1H3,(H,20,21). The zero-order valence-corrected chi connectivity index (χ0v) is 15.0. The smallest absolute Gasteiger partial charge is 0.165 e. The van der Waals surface area contributed by atoms with Gasteiger partial charge in [-0.3, -0.25) is 10.00 Å². The number of phenolic OH excluding ortho intramolecular Hbond substituents is 1. The fourth-order valence-corrected chi connectivity index (χ4v) is 4.03. The molecule has 2 aromatic heterocycles. The Labute approximate surface area is 150 Å². The van der Waals surface area contributed by atoms with Gasteiger partial charge in [0.15, 0.2) is 11.5 Å². The van der Waals surface area contributed by atoms with Gasteiger partial charge in [-0.2, -0.15) is 5.10 Å². The lowest BCUT2D eigenvalue weighted by Gasteiger charge is -2.19. The number of H-pyrrole nitrogens is 1. The maximum absolute atomic E-state index is 10.4. The monoisotopic (exact) mass is 355 g/mol. The van der Waals surface area contributed by atoms with Crippen LogP contribution in [0.1, 0.15) is 16.0 Å². The average molecular weight is 355 g/mol. The highest BCUT2D eigenvalue weighted by Crippen LogP contribution is 2.39. The number of hydrogen-bond acceptors (Lipinski definition) is 5. The van der Waals surface area contributed by atoms with Crippen LogP contribution in [0.25, 0.3) is 10.4 Å². The Morgan fingerprint density at radius 1 is 1.36 bits per heavy atom. The first-order valence-corrected chi connectivity index (χ1v) is 9.26. The van der Waals surface area contributed by atoms with Crippen LogP contribution in [0.3, 0.4) is 0 Å². The predicted molar refractivity (Wildman–Crippen MR) is 99.2 cm³/mol. The molecule has 6 heteroatoms. The maximum Gasteiger partial charge on any atom is 0.165 e. The van der Waals surface area contributed by atoms with Crippen LogP contribution in [-0.4, -0.2) is 39.9 Å². The molecule has 4 rings (SSSR count). The number of aromatic nitrogens is 2. The summed E-state index contributed by atoms with van der Waals surface area (Å²) in [5.74, 6) is 0.859. The Kier molecular flexibility index (Phi) is 4.46. The molecule has 0 bridgehead atoms. The first-order valence-electron chi connectivity index (χ1n) is 8.44. The van der Waals surface area contributed by atoms with Gasteiger partial charge in [-0.1, -0.05) is 0 Å². The number of aryl methyl sites for hydroxylation is 1. The quantitative estimate of drug-likeness (QED) is 0.751. The molecule has 0 amide bonds. The van der Waals surface area contributed by atoms with Gasteiger partial charge in [-0.15, -0.1) is 11.3 Å². The molecule has 3 aromatic rings. The Hall–Kier alpha value is -2.31. The third-order valence-electron chi connectivity index (χ3n) is 4.49. The summed E-state index contributed by atoms with van der Waals surface area (Å²) in [4.78, 5) is 4.80. The summed E-state index contributed by atoms with van der Waals surface area (Å²) in [6, 6.07) is 8.17. The molecule has 0 radical (unpaired) electrons. The highest BCUT2D eigenvalue weighted by molar-refractivity contribution is 7.15. The second-order valence-corrected chi connectivity index (χ2v) is 7.66. The average Bonchev–Trinajstić information content (AvgIpc) is 3.21. The molecule has 1 aliphatic heterocycles. The minimum absolute atomic E-state index is 0.232. The van der Waals surface area contributed by atoms with E-state index < -0.39 is 0 Å². The second kappa shape index (κ2) is 6.90. The second-order valence-electron chi connectivity index (χ2n) is 6.38. The highest BCUT2D eigenvalue weighted by atomic mass is 32.1. The van der Waals surface area contributed by atoms with Crippen molar-refractivity contribution in [3.63, 3.8) is 0 Å². The Bertz CT molecular complexity index is 858. The molecule has 1 aromatic carbocycles. The van der Waals surface area contributed by atoms with Crippen LogP contribution in [0.4, 0.5) is 0 Å². The number of nitrogens with zero attached hydrogens (tertiary/aromatic N) is 2. The Balaban J connectivity index is 1.57. The Morgan fingerprint density at radius 2 is 2.28 bits per heavy atom. The van der Waals surface area contributed by atoms with E-state index in [0.717, 1.165) is 37.2 Å². The summed E-state index contributed by atoms with van der Waals surface area (Å²) in [6.45, 7) is 5.24. The lowest BCUT2D eigenvalue weighted by Crippen LogP contribution is -2.27. The van der Waals surface area contributed by atoms with E-state index in [1.165, 1.54) is 15.3 Å². The summed E-state index contributed by atoms with van der Waals surface area (Å²) < 4.78 is 5.84. The molecule has 0 unspecified atom stereocenters. The third kappa shape index (κ3) is 3.55. The number of nitrogens with one attached hydrogen (secondary N) is 1. The largest absolute Gasteiger partial charge is 0.504 e. The van der Waals surface area contributed by atoms with Gasteiger partial charge in [0.2, 0.25) is 0 Å². The van der Waals surface area contributed by atoms with Gasteiger partial charge in [0, 0.05) is 41.1 Å². The van der Waals surface area contributed by atoms with Crippen molar-refractivity contribution in [1.29, 1.82) is 0 Å². The summed E-state index contributed by atoms with van der Waals surface area (Å²) in [7, 11) is 0. The molecule has 0 spiro atoms. The van der Waals surface area contributed by atoms with Crippen molar-refractivity contribution in [3.8, 4) is 21.9 Å². The molecule has 0 atom stereocenters. The summed E-state index contributed by atoms with van der Waals surface area (Å²) in [5.41, 5.74) is 3.30. The number of aromatic amines is 1. The number of rotatable bonds is 4. The molecule has 130 valence electrons. The van der Waals surface area contributed by atoms with Crippen LogP contribution in [-0.2, 0) is 13.0 Å². The molecule has 3 heterocycles. The molecule has 1 aliphatic rings. The summed E-state index contributed by atoms with van der Waals surface area (Å²) in [6.07, 6.45) is 4.75. The molecule has 5 nitrogen and oxygen atoms in total. The summed E-state index contributed by atoms with van der Waals surface area (Å²) >= 11 is 1.74. The lowest BCUT2D eigenvalue weighted by atomic mass is 10.1. The number of ether oxygens (including phenoxy) is 1. The minimum Gasteiger partial charge on any atom is -0.504 e. The van der Waals surface area contributed by atoms with Crippen LogP contribution in [0.2, 0.25) is 0 Å². The number of fused-ring (bicyclic) bond motifs is 1. The first-order chi connectivity index (χ1) is 12.2. The van der Waals surface area contributed by atoms with Gasteiger partial charge < -0.3 is 9.84 Å². The number of hydrogen-bond donors (Lipinski definition) is 2. The minimum atomic E-state index is 0.232. The van der Waals surface area contributed by atoms with Gasteiger partial charge in [0.1, 0.15) is 6.61 Å². The van der Waals surface area contributed by atoms with E-state index in [0.29, 0.717) is 12.4 Å². The fraction of sp³-hybridized carbons (Fsp3) is 0.316. The van der Waals surface area contributed by atoms with E-state index in [2.05, 4.69) is 40.2 Å². The van der Waals surface area contributed by atoms with Gasteiger partial charge in [0.05, 0.1) is 6.20 Å². The van der Waals surface area contributed by atoms with Crippen LogP contribution in [0.15, 0.2) is 36.7 Å². The highest BCUT2D eigenvalue weighted by Gasteiger charge is 2.20. The molecule has 0 aliphatic carbocycles. The van der Waals surface area contributed by atoms with Crippen LogP contribution >= 0.6 is 11.3 Å². The number of phenols is 1. The SMILES string of the molecule is Cc1ccc(-c2cc(O)c3c(c2)CN(CCc2cn[nH]c2)CCO3)s1. The van der Waals surface area contributed by atoms with E-state index in [-0.39, 0.29) is 5.75 Å². The van der Waals surface area contributed by atoms with Crippen molar-refractivity contribution in [1.82, 2.24) is 15.1 Å². The van der Waals surface area contributed by atoms with E-state index >= 15 is 0 Å². The molecule has 25 heavy (non-hydrogen) atoms. The van der Waals surface area contributed by atoms with Crippen molar-refractivity contribution < 1.29 is 9.84 Å². The van der Waals surface area contributed by atoms with Crippen molar-refractivity contribution in [2.24, 2.45) is 0 Å². The van der Waals surface area contributed by atoms with Crippen molar-refractivity contribution in [3.05, 3.63) is 52.7 Å². The Morgan fingerprint density at radius 3 is 3.04 bits per heavy atom. The van der Waals surface area contributed by atoms with Crippen molar-refractivity contribution in [2.75, 3.05) is 19.7 Å². The van der Waals surface area contributed by atoms with E-state index in [9.17, 15) is 5.11 Å². The maximum atomic E-state index is 10.4. The number of benzene rings is 1. The fourth-order valence-electron chi connectivity index (χ4n) is 3.18. The topological polar surface area (TPSA) is 61.4 Å². The molecular formula is C19H21N3O2S. The summed E-state index contributed by atoms with van der Waals surface area (Å²) in [5, 5.41) is 17.3. The van der Waals surface area contributed by atoms with Crippen molar-refractivity contribution >= 4 is 11.3 Å². The molecule has 0 fully saturated rings. The van der Waals surface area contributed by atoms with E-state index in [4.69, 9.17) is 4.74 Å². The van der Waals surface area contributed by atoms with Crippen molar-refractivity contribution in [2.45, 2.75) is 19.9 Å². The zero-order valence-electron chi connectivity index (χ0n) is 14.2. The third-order valence-corrected chi connectivity index (χ3v) is 5.54. The molecule has 0 saturated carbocycles. The van der Waals surface area contributed by atoms with E-state index in [1.54, 1.807) is 11.3 Å². The first kappa shape index (κ1) is 16.2. The predicted octanol–water partition coefficient (Wildman–Crippen LogP) is 3.59. The van der Waals surface area contributed by atoms with Gasteiger partial charge in [-0.05, 0) is 48.7 Å². The number of thiophene rings is 1. The van der Waals surface area contributed by atoms with Gasteiger partial charge in [-0.25, -0.2) is 0 Å². The molecular weight excluding hydrogens is 334 g/mol. The normalized spacial score (nSPS) is 14.8. The number of aromatic hydroxyl groups is 1. The molecule has 0 saturated heterocycles. The van der Waals surface area contributed by atoms with Gasteiger partial charge in [0.25, 0.3) is 0 Å². The van der Waals surface area contributed by atoms with E-state index in [1.807, 2.05) is 18.5 Å². The van der Waals surface area contributed by atoms with Gasteiger partial charge >= 0.3 is 0 Å². The molecule has 2 N–H and O–H groups in total. The van der Waals surface area contributed by atoms with Crippen LogP contribution < -0.4 is 4.74 Å². The van der Waals surface area contributed by atoms with Crippen LogP contribution in [0.5, 0.6) is 11.5 Å². The lowest BCUT2D eigenvalue weighted by molar-refractivity contribution is 0.225. The van der Waals surface area contributed by atoms with Crippen LogP contribution in [0, 0.1) is 6.92 Å². The zero-order chi connectivity index (χ0) is 17.2.